The van der Waals surface area contributed by atoms with Crippen molar-refractivity contribution in [1.82, 2.24) is 19.6 Å². The summed E-state index contributed by atoms with van der Waals surface area (Å²) in [6.45, 7) is 0.568. The largest absolute Gasteiger partial charge is 0.364 e. The van der Waals surface area contributed by atoms with Crippen molar-refractivity contribution in [3.05, 3.63) is 107 Å². The van der Waals surface area contributed by atoms with Crippen LogP contribution in [0.3, 0.4) is 0 Å². The Kier molecular flexibility index (Phi) is 5.75. The molecule has 34 heavy (non-hydrogen) atoms. The molecule has 0 aliphatic rings. The number of carbonyl (C=O) groups is 2. The Bertz CT molecular complexity index is 1440. The van der Waals surface area contributed by atoms with E-state index in [4.69, 9.17) is 10.8 Å². The summed E-state index contributed by atoms with van der Waals surface area (Å²) in [6.07, 6.45) is 3.43. The normalized spacial score (nSPS) is 10.8. The summed E-state index contributed by atoms with van der Waals surface area (Å²) in [4.78, 5) is 25.4. The molecule has 0 atom stereocenters. The number of hydrogen-bond donors (Lipinski definition) is 2. The van der Waals surface area contributed by atoms with E-state index in [9.17, 15) is 9.59 Å². The van der Waals surface area contributed by atoms with Gasteiger partial charge < -0.3 is 11.1 Å². The van der Waals surface area contributed by atoms with Crippen LogP contribution in [0, 0.1) is 0 Å². The number of amides is 2. The third-order valence-corrected chi connectivity index (χ3v) is 6.06. The topological polar surface area (TPSA) is 108 Å². The molecule has 8 nitrogen and oxygen atoms in total. The zero-order chi connectivity index (χ0) is 23.5. The summed E-state index contributed by atoms with van der Waals surface area (Å²) in [5.41, 5.74) is 9.06. The average molecular weight is 469 g/mol. The maximum atomic E-state index is 13.2. The van der Waals surface area contributed by atoms with E-state index in [1.807, 2.05) is 47.8 Å². The van der Waals surface area contributed by atoms with E-state index in [1.54, 1.807) is 52.1 Å². The number of nitrogens with two attached hydrogens (primary N) is 1. The van der Waals surface area contributed by atoms with E-state index < -0.39 is 5.91 Å². The Morgan fingerprint density at radius 1 is 0.941 bits per heavy atom. The smallest absolute Gasteiger partial charge is 0.269 e. The van der Waals surface area contributed by atoms with Crippen LogP contribution in [-0.4, -0.2) is 31.4 Å². The summed E-state index contributed by atoms with van der Waals surface area (Å²) in [5, 5.41) is 13.7. The monoisotopic (exact) mass is 468 g/mol. The Labute approximate surface area is 199 Å². The number of primary amides is 1. The lowest BCUT2D eigenvalue weighted by Crippen LogP contribution is -2.13. The van der Waals surface area contributed by atoms with Crippen molar-refractivity contribution in [2.75, 3.05) is 5.32 Å². The molecule has 5 aromatic rings. The molecule has 0 saturated carbocycles. The van der Waals surface area contributed by atoms with E-state index in [0.717, 1.165) is 16.1 Å². The number of aromatic nitrogens is 4. The van der Waals surface area contributed by atoms with Gasteiger partial charge in [-0.25, -0.2) is 4.68 Å². The third kappa shape index (κ3) is 4.50. The van der Waals surface area contributed by atoms with Gasteiger partial charge in [0.25, 0.3) is 11.8 Å². The molecule has 168 valence electrons. The maximum absolute atomic E-state index is 13.2. The second-order valence-corrected chi connectivity index (χ2v) is 8.51. The molecule has 3 heterocycles. The van der Waals surface area contributed by atoms with Crippen molar-refractivity contribution in [1.29, 1.82) is 0 Å². The van der Waals surface area contributed by atoms with Crippen LogP contribution in [-0.2, 0) is 6.54 Å². The molecule has 0 radical (unpaired) electrons. The highest BCUT2D eigenvalue weighted by Crippen LogP contribution is 2.28. The minimum absolute atomic E-state index is 0.186. The van der Waals surface area contributed by atoms with Crippen LogP contribution >= 0.6 is 11.3 Å². The van der Waals surface area contributed by atoms with E-state index in [0.29, 0.717) is 23.5 Å². The standard InChI is InChI=1S/C25H20N6O2S/c26-24(32)21-12-13-31(28-21)19-10-8-18(9-11-19)27-25(33)20-16-30(15-17-5-2-1-3-6-17)29-23(20)22-7-4-14-34-22/h1-14,16H,15H2,(H2,26,32)(H,27,33). The molecule has 3 aromatic heterocycles. The number of hydrogen-bond acceptors (Lipinski definition) is 5. The van der Waals surface area contributed by atoms with Gasteiger partial charge in [-0.05, 0) is 47.3 Å². The van der Waals surface area contributed by atoms with Crippen LogP contribution < -0.4 is 11.1 Å². The van der Waals surface area contributed by atoms with Gasteiger partial charge in [0.05, 0.1) is 22.7 Å². The molecular formula is C25H20N6O2S. The van der Waals surface area contributed by atoms with Crippen LogP contribution in [0.15, 0.2) is 90.6 Å². The van der Waals surface area contributed by atoms with Crippen LogP contribution in [0.1, 0.15) is 26.4 Å². The van der Waals surface area contributed by atoms with Crippen molar-refractivity contribution in [2.45, 2.75) is 6.54 Å². The molecule has 2 aromatic carbocycles. The molecule has 0 spiro atoms. The molecule has 0 aliphatic carbocycles. The van der Waals surface area contributed by atoms with Gasteiger partial charge in [-0.15, -0.1) is 11.3 Å². The van der Waals surface area contributed by atoms with Crippen LogP contribution in [0.2, 0.25) is 0 Å². The Hall–Kier alpha value is -4.50. The molecule has 9 heteroatoms. The van der Waals surface area contributed by atoms with Crippen molar-refractivity contribution in [3.63, 3.8) is 0 Å². The lowest BCUT2D eigenvalue weighted by molar-refractivity contribution is 0.0993. The number of rotatable bonds is 7. The quantitative estimate of drug-likeness (QED) is 0.373. The van der Waals surface area contributed by atoms with Gasteiger partial charge in [0.15, 0.2) is 0 Å². The average Bonchev–Trinajstić information content (AvgIpc) is 3.61. The lowest BCUT2D eigenvalue weighted by atomic mass is 10.2. The van der Waals surface area contributed by atoms with E-state index in [2.05, 4.69) is 10.4 Å². The highest BCUT2D eigenvalue weighted by Gasteiger charge is 2.19. The zero-order valence-electron chi connectivity index (χ0n) is 18.0. The second kappa shape index (κ2) is 9.16. The maximum Gasteiger partial charge on any atom is 0.269 e. The molecule has 0 bridgehead atoms. The van der Waals surface area contributed by atoms with Crippen LogP contribution in [0.5, 0.6) is 0 Å². The van der Waals surface area contributed by atoms with E-state index >= 15 is 0 Å². The Morgan fingerprint density at radius 3 is 2.41 bits per heavy atom. The third-order valence-electron chi connectivity index (χ3n) is 5.18. The van der Waals surface area contributed by atoms with Crippen LogP contribution in [0.4, 0.5) is 5.69 Å². The Morgan fingerprint density at radius 2 is 1.74 bits per heavy atom. The highest BCUT2D eigenvalue weighted by atomic mass is 32.1. The minimum Gasteiger partial charge on any atom is -0.364 e. The van der Waals surface area contributed by atoms with Gasteiger partial charge in [-0.1, -0.05) is 36.4 Å². The number of nitrogens with one attached hydrogen (secondary N) is 1. The number of nitrogens with zero attached hydrogens (tertiary/aromatic N) is 4. The molecule has 0 fully saturated rings. The van der Waals surface area contributed by atoms with Gasteiger partial charge in [0.2, 0.25) is 0 Å². The second-order valence-electron chi connectivity index (χ2n) is 7.56. The molecule has 0 saturated heterocycles. The predicted octanol–water partition coefficient (Wildman–Crippen LogP) is 4.20. The fraction of sp³-hybridized carbons (Fsp3) is 0.0400. The molecule has 0 aliphatic heterocycles. The summed E-state index contributed by atoms with van der Waals surface area (Å²) in [6, 6.07) is 22.6. The first-order chi connectivity index (χ1) is 16.6. The minimum atomic E-state index is -0.586. The molecular weight excluding hydrogens is 448 g/mol. The number of anilines is 1. The fourth-order valence-electron chi connectivity index (χ4n) is 3.53. The first-order valence-corrected chi connectivity index (χ1v) is 11.4. The summed E-state index contributed by atoms with van der Waals surface area (Å²) in [5.74, 6) is -0.831. The van der Waals surface area contributed by atoms with Gasteiger partial charge in [-0.2, -0.15) is 10.2 Å². The van der Waals surface area contributed by atoms with Gasteiger partial charge >= 0.3 is 0 Å². The SMILES string of the molecule is NC(=O)c1ccn(-c2ccc(NC(=O)c3cn(Cc4ccccc4)nc3-c3cccs3)cc2)n1. The van der Waals surface area contributed by atoms with Crippen molar-refractivity contribution >= 4 is 28.8 Å². The zero-order valence-corrected chi connectivity index (χ0v) is 18.8. The summed E-state index contributed by atoms with van der Waals surface area (Å²) in [7, 11) is 0. The van der Waals surface area contributed by atoms with E-state index in [1.165, 1.54) is 11.3 Å². The summed E-state index contributed by atoms with van der Waals surface area (Å²) >= 11 is 1.54. The first-order valence-electron chi connectivity index (χ1n) is 10.5. The first kappa shape index (κ1) is 21.4. The van der Waals surface area contributed by atoms with Gasteiger partial charge in [-0.3, -0.25) is 14.3 Å². The molecule has 2 amide bonds. The van der Waals surface area contributed by atoms with Crippen LogP contribution in [0.25, 0.3) is 16.3 Å². The number of carbonyl (C=O) groups excluding carboxylic acids is 2. The van der Waals surface area contributed by atoms with Gasteiger partial charge in [0, 0.05) is 18.1 Å². The molecule has 3 N–H and O–H groups in total. The van der Waals surface area contributed by atoms with Crippen molar-refractivity contribution in [2.24, 2.45) is 5.73 Å². The predicted molar refractivity (Wildman–Crippen MR) is 131 cm³/mol. The van der Waals surface area contributed by atoms with Crippen molar-refractivity contribution < 1.29 is 9.59 Å². The lowest BCUT2D eigenvalue weighted by Gasteiger charge is -2.07. The molecule has 5 rings (SSSR count). The fourth-order valence-corrected chi connectivity index (χ4v) is 4.25. The number of benzene rings is 2. The van der Waals surface area contributed by atoms with Crippen molar-refractivity contribution in [3.8, 4) is 16.3 Å². The highest BCUT2D eigenvalue weighted by molar-refractivity contribution is 7.13. The Balaban J connectivity index is 1.37. The summed E-state index contributed by atoms with van der Waals surface area (Å²) < 4.78 is 3.34. The number of thiophene rings is 1. The van der Waals surface area contributed by atoms with Gasteiger partial charge in [0.1, 0.15) is 11.4 Å². The van der Waals surface area contributed by atoms with E-state index in [-0.39, 0.29) is 11.6 Å². The molecule has 0 unspecified atom stereocenters.